The summed E-state index contributed by atoms with van der Waals surface area (Å²) < 4.78 is 17.4. The van der Waals surface area contributed by atoms with Gasteiger partial charge in [-0.1, -0.05) is 38.5 Å². The van der Waals surface area contributed by atoms with Gasteiger partial charge in [-0.3, -0.25) is 0 Å². The Labute approximate surface area is 161 Å². The third-order valence-corrected chi connectivity index (χ3v) is 6.32. The lowest BCUT2D eigenvalue weighted by Gasteiger charge is -2.40. The van der Waals surface area contributed by atoms with Crippen LogP contribution < -0.4 is 0 Å². The first-order valence-electron chi connectivity index (χ1n) is 10.0. The van der Waals surface area contributed by atoms with Gasteiger partial charge in [0.25, 0.3) is 0 Å². The summed E-state index contributed by atoms with van der Waals surface area (Å²) >= 11 is 6.37. The molecule has 2 fully saturated rings. The van der Waals surface area contributed by atoms with E-state index in [-0.39, 0.29) is 17.8 Å². The minimum absolute atomic E-state index is 0.123. The van der Waals surface area contributed by atoms with Crippen molar-refractivity contribution in [1.29, 1.82) is 0 Å². The van der Waals surface area contributed by atoms with Crippen molar-refractivity contribution in [3.05, 3.63) is 11.6 Å². The number of methoxy groups -OCH3 is 1. The number of ether oxygens (including phenoxy) is 3. The van der Waals surface area contributed by atoms with Gasteiger partial charge < -0.3 is 19.3 Å². The molecule has 0 bridgehead atoms. The van der Waals surface area contributed by atoms with Crippen molar-refractivity contribution in [1.82, 2.24) is 0 Å². The lowest BCUT2D eigenvalue weighted by Crippen LogP contribution is -2.52. The fraction of sp³-hybridized carbons (Fsp3) is 0.850. The van der Waals surface area contributed by atoms with Crippen LogP contribution in [-0.2, 0) is 19.0 Å². The van der Waals surface area contributed by atoms with Crippen LogP contribution in [-0.4, -0.2) is 54.1 Å². The Bertz CT molecular complexity index is 496. The number of hydrogen-bond acceptors (Lipinski definition) is 5. The Morgan fingerprint density at radius 2 is 1.54 bits per heavy atom. The Balaban J connectivity index is 1.78. The number of alkyl halides is 1. The van der Waals surface area contributed by atoms with E-state index in [1.54, 1.807) is 6.08 Å². The lowest BCUT2D eigenvalue weighted by molar-refractivity contribution is -0.160. The number of hydrogen-bond donors (Lipinski definition) is 1. The second kappa shape index (κ2) is 9.54. The zero-order valence-electron chi connectivity index (χ0n) is 15.6. The highest BCUT2D eigenvalue weighted by Gasteiger charge is 2.44. The average molecular weight is 387 g/mol. The Kier molecular flexibility index (Phi) is 7.38. The van der Waals surface area contributed by atoms with Gasteiger partial charge in [0.05, 0.1) is 30.3 Å². The van der Waals surface area contributed by atoms with E-state index in [1.165, 1.54) is 20.0 Å². The van der Waals surface area contributed by atoms with Gasteiger partial charge in [-0.15, -0.1) is 11.6 Å². The third kappa shape index (κ3) is 4.80. The van der Waals surface area contributed by atoms with Crippen LogP contribution in [0.3, 0.4) is 0 Å². The molecule has 0 aromatic rings. The maximum atomic E-state index is 12.1. The van der Waals surface area contributed by atoms with E-state index < -0.39 is 29.7 Å². The summed E-state index contributed by atoms with van der Waals surface area (Å²) in [4.78, 5) is 12.1. The second-order valence-corrected chi connectivity index (χ2v) is 8.20. The molecule has 2 saturated carbocycles. The normalized spacial score (nSPS) is 34.3. The van der Waals surface area contributed by atoms with E-state index in [2.05, 4.69) is 0 Å². The van der Waals surface area contributed by atoms with E-state index in [0.717, 1.165) is 51.4 Å². The molecular weight excluding hydrogens is 356 g/mol. The maximum absolute atomic E-state index is 12.1. The molecule has 0 aromatic heterocycles. The molecule has 6 heteroatoms. The molecule has 148 valence electrons. The molecule has 0 aromatic carbocycles. The first-order valence-corrected chi connectivity index (χ1v) is 10.5. The largest absolute Gasteiger partial charge is 0.466 e. The first kappa shape index (κ1) is 20.1. The fourth-order valence-corrected chi connectivity index (χ4v) is 4.63. The van der Waals surface area contributed by atoms with Crippen LogP contribution in [0.4, 0.5) is 0 Å². The molecule has 3 rings (SSSR count). The van der Waals surface area contributed by atoms with Crippen molar-refractivity contribution < 1.29 is 24.1 Å². The number of carbonyl (C=O) groups is 1. The maximum Gasteiger partial charge on any atom is 0.335 e. The van der Waals surface area contributed by atoms with Crippen LogP contribution in [0.1, 0.15) is 64.2 Å². The molecule has 5 nitrogen and oxygen atoms in total. The van der Waals surface area contributed by atoms with Crippen molar-refractivity contribution in [2.75, 3.05) is 7.11 Å². The quantitative estimate of drug-likeness (QED) is 0.578. The predicted octanol–water partition coefficient (Wildman–Crippen LogP) is 3.50. The zero-order chi connectivity index (χ0) is 18.5. The summed E-state index contributed by atoms with van der Waals surface area (Å²) in [6.07, 6.45) is 11.1. The molecule has 4 atom stereocenters. The topological polar surface area (TPSA) is 65.0 Å². The Morgan fingerprint density at radius 3 is 2.08 bits per heavy atom. The van der Waals surface area contributed by atoms with Crippen molar-refractivity contribution >= 4 is 17.6 Å². The van der Waals surface area contributed by atoms with E-state index in [1.807, 2.05) is 0 Å². The van der Waals surface area contributed by atoms with Crippen LogP contribution in [0.5, 0.6) is 0 Å². The molecule has 26 heavy (non-hydrogen) atoms. The van der Waals surface area contributed by atoms with Crippen molar-refractivity contribution in [3.63, 3.8) is 0 Å². The van der Waals surface area contributed by atoms with Gasteiger partial charge in [0.2, 0.25) is 0 Å². The Morgan fingerprint density at radius 1 is 1.00 bits per heavy atom. The number of halogens is 1. The van der Waals surface area contributed by atoms with Crippen LogP contribution in [0, 0.1) is 0 Å². The van der Waals surface area contributed by atoms with E-state index >= 15 is 0 Å². The smallest absolute Gasteiger partial charge is 0.335 e. The molecule has 0 saturated heterocycles. The summed E-state index contributed by atoms with van der Waals surface area (Å²) in [7, 11) is 1.32. The van der Waals surface area contributed by atoms with Gasteiger partial charge in [0.1, 0.15) is 18.3 Å². The zero-order valence-corrected chi connectivity index (χ0v) is 16.3. The average Bonchev–Trinajstić information content (AvgIpc) is 2.68. The molecule has 0 radical (unpaired) electrons. The Hall–Kier alpha value is -0.620. The minimum atomic E-state index is -0.994. The van der Waals surface area contributed by atoms with Crippen molar-refractivity contribution in [3.8, 4) is 0 Å². The molecule has 0 heterocycles. The van der Waals surface area contributed by atoms with Crippen LogP contribution in [0.2, 0.25) is 0 Å². The van der Waals surface area contributed by atoms with Crippen molar-refractivity contribution in [2.24, 2.45) is 0 Å². The third-order valence-electron chi connectivity index (χ3n) is 5.83. The number of aliphatic hydroxyl groups is 1. The summed E-state index contributed by atoms with van der Waals surface area (Å²) in [5.41, 5.74) is 0.269. The number of esters is 1. The van der Waals surface area contributed by atoms with Crippen LogP contribution in [0.15, 0.2) is 11.6 Å². The number of rotatable bonds is 5. The highest BCUT2D eigenvalue weighted by atomic mass is 35.5. The van der Waals surface area contributed by atoms with Gasteiger partial charge in [-0.25, -0.2) is 4.79 Å². The van der Waals surface area contributed by atoms with Crippen LogP contribution in [0.25, 0.3) is 0 Å². The van der Waals surface area contributed by atoms with Gasteiger partial charge in [0.15, 0.2) is 0 Å². The number of carbonyl (C=O) groups excluding carboxylic acids is 1. The highest BCUT2D eigenvalue weighted by Crippen LogP contribution is 2.34. The fourth-order valence-electron chi connectivity index (χ4n) is 4.33. The van der Waals surface area contributed by atoms with Crippen LogP contribution >= 0.6 is 11.6 Å². The van der Waals surface area contributed by atoms with Crippen molar-refractivity contribution in [2.45, 2.75) is 100 Å². The monoisotopic (exact) mass is 386 g/mol. The van der Waals surface area contributed by atoms with Gasteiger partial charge in [-0.05, 0) is 31.8 Å². The molecule has 0 spiro atoms. The number of aliphatic hydroxyl groups excluding tert-OH is 1. The molecule has 0 aliphatic heterocycles. The summed E-state index contributed by atoms with van der Waals surface area (Å²) in [6.45, 7) is 0. The second-order valence-electron chi connectivity index (χ2n) is 7.73. The van der Waals surface area contributed by atoms with E-state index in [4.69, 9.17) is 25.8 Å². The molecule has 3 aliphatic rings. The molecular formula is C20H31ClO5. The van der Waals surface area contributed by atoms with E-state index in [0.29, 0.717) is 0 Å². The van der Waals surface area contributed by atoms with E-state index in [9.17, 15) is 9.90 Å². The lowest BCUT2D eigenvalue weighted by atomic mass is 9.89. The molecule has 1 N–H and O–H groups in total. The molecule has 3 aliphatic carbocycles. The first-order chi connectivity index (χ1) is 12.6. The highest BCUT2D eigenvalue weighted by molar-refractivity contribution is 6.25. The standard InChI is InChI=1S/C20H31ClO5/c1-24-20(23)15-12-16(25-13-8-4-2-5-9-13)19(18(22)17(15)21)26-14-10-6-3-7-11-14/h12-14,16-19,22H,2-11H2,1H3/t16-,17-,18-,19-/m1/s1. The van der Waals surface area contributed by atoms with Gasteiger partial charge in [-0.2, -0.15) is 0 Å². The summed E-state index contributed by atoms with van der Waals surface area (Å²) in [5.74, 6) is -0.516. The summed E-state index contributed by atoms with van der Waals surface area (Å²) in [5, 5.41) is 9.95. The molecule has 0 amide bonds. The molecule has 0 unspecified atom stereocenters. The summed E-state index contributed by atoms with van der Waals surface area (Å²) in [6, 6.07) is 0. The predicted molar refractivity (Wildman–Crippen MR) is 99.2 cm³/mol. The minimum Gasteiger partial charge on any atom is -0.466 e. The SMILES string of the molecule is COC(=O)C1=C[C@@H](OC2CCCCC2)[C@@H](OC2CCCCC2)[C@H](O)[C@@H]1Cl. The van der Waals surface area contributed by atoms with Gasteiger partial charge in [0, 0.05) is 0 Å². The van der Waals surface area contributed by atoms with Gasteiger partial charge >= 0.3 is 5.97 Å².